The molecule has 0 aromatic rings. The number of hydrogen-bond acceptors (Lipinski definition) is 10. The first-order valence-corrected chi connectivity index (χ1v) is 20.6. The van der Waals surface area contributed by atoms with Crippen molar-refractivity contribution in [3.63, 3.8) is 0 Å². The summed E-state index contributed by atoms with van der Waals surface area (Å²) < 4.78 is 21.6. The highest BCUT2D eigenvalue weighted by Gasteiger charge is 2.47. The summed E-state index contributed by atoms with van der Waals surface area (Å²) in [5, 5.41) is 39.7. The monoisotopic (exact) mass is 786 g/mol. The van der Waals surface area contributed by atoms with Crippen LogP contribution in [0.4, 0.5) is 0 Å². The molecule has 0 spiro atoms. The molecule has 0 saturated carbocycles. The number of ether oxygens (including phenoxy) is 4. The van der Waals surface area contributed by atoms with E-state index in [9.17, 15) is 34.8 Å². The average Bonchev–Trinajstić information content (AvgIpc) is 3.18. The number of aliphatic hydroxyl groups excluding tert-OH is 3. The molecule has 56 heavy (non-hydrogen) atoms. The quantitative estimate of drug-likeness (QED) is 0.0294. The minimum atomic E-state index is -1.87. The minimum Gasteiger partial charge on any atom is -0.479 e. The molecule has 0 aromatic carbocycles. The summed E-state index contributed by atoms with van der Waals surface area (Å²) in [4.78, 5) is 36.7. The molecule has 0 aliphatic carbocycles. The number of aliphatic carboxylic acids is 1. The van der Waals surface area contributed by atoms with Crippen LogP contribution < -0.4 is 0 Å². The van der Waals surface area contributed by atoms with Gasteiger partial charge in [-0.3, -0.25) is 9.59 Å². The zero-order valence-electron chi connectivity index (χ0n) is 33.8. The van der Waals surface area contributed by atoms with Crippen molar-refractivity contribution in [3.05, 3.63) is 85.1 Å². The van der Waals surface area contributed by atoms with Crippen LogP contribution in [-0.4, -0.2) is 88.4 Å². The van der Waals surface area contributed by atoms with Gasteiger partial charge in [0, 0.05) is 12.8 Å². The summed E-state index contributed by atoms with van der Waals surface area (Å²) in [6, 6.07) is 0. The summed E-state index contributed by atoms with van der Waals surface area (Å²) in [7, 11) is 0. The van der Waals surface area contributed by atoms with Crippen LogP contribution in [0, 0.1) is 0 Å². The van der Waals surface area contributed by atoms with Gasteiger partial charge in [0.05, 0.1) is 6.61 Å². The number of unbranched alkanes of at least 4 members (excludes halogenated alkanes) is 7. The highest BCUT2D eigenvalue weighted by molar-refractivity contribution is 5.73. The molecule has 1 heterocycles. The normalized spacial score (nSPS) is 21.2. The fourth-order valence-electron chi connectivity index (χ4n) is 5.48. The van der Waals surface area contributed by atoms with E-state index < -0.39 is 61.3 Å². The second-order valence-corrected chi connectivity index (χ2v) is 13.7. The molecule has 316 valence electrons. The molecule has 1 aliphatic rings. The van der Waals surface area contributed by atoms with Crippen molar-refractivity contribution in [1.82, 2.24) is 0 Å². The molecular formula is C45H70O11. The molecule has 0 radical (unpaired) electrons. The Morgan fingerprint density at radius 1 is 0.571 bits per heavy atom. The van der Waals surface area contributed by atoms with E-state index in [1.54, 1.807) is 0 Å². The van der Waals surface area contributed by atoms with Gasteiger partial charge in [-0.05, 0) is 77.0 Å². The topological polar surface area (TPSA) is 169 Å². The van der Waals surface area contributed by atoms with Crippen molar-refractivity contribution >= 4 is 17.9 Å². The van der Waals surface area contributed by atoms with E-state index in [1.165, 1.54) is 0 Å². The second-order valence-electron chi connectivity index (χ2n) is 13.7. The first-order valence-electron chi connectivity index (χ1n) is 20.6. The number of hydrogen-bond donors (Lipinski definition) is 4. The number of aliphatic hydroxyl groups is 3. The third kappa shape index (κ3) is 26.3. The van der Waals surface area contributed by atoms with Crippen molar-refractivity contribution in [2.24, 2.45) is 0 Å². The highest BCUT2D eigenvalue weighted by atomic mass is 16.7. The maximum Gasteiger partial charge on any atom is 0.335 e. The number of carbonyl (C=O) groups is 3. The third-order valence-corrected chi connectivity index (χ3v) is 8.71. The number of carboxylic acid groups (broad SMARTS) is 1. The number of allylic oxidation sites excluding steroid dienone is 14. The van der Waals surface area contributed by atoms with Gasteiger partial charge >= 0.3 is 17.9 Å². The maximum atomic E-state index is 12.7. The van der Waals surface area contributed by atoms with Crippen LogP contribution in [0.25, 0.3) is 0 Å². The Hall–Kier alpha value is -3.61. The largest absolute Gasteiger partial charge is 0.479 e. The number of rotatable bonds is 32. The lowest BCUT2D eigenvalue weighted by Gasteiger charge is -2.38. The summed E-state index contributed by atoms with van der Waals surface area (Å²) in [6.07, 6.45) is 35.0. The van der Waals surface area contributed by atoms with E-state index in [0.29, 0.717) is 19.3 Å². The lowest BCUT2D eigenvalue weighted by molar-refractivity contribution is -0.298. The first-order chi connectivity index (χ1) is 27.2. The molecule has 1 fully saturated rings. The van der Waals surface area contributed by atoms with Gasteiger partial charge in [0.2, 0.25) is 0 Å². The Labute approximate surface area is 335 Å². The molecule has 1 aliphatic heterocycles. The summed E-state index contributed by atoms with van der Waals surface area (Å²) in [5.41, 5.74) is 0. The van der Waals surface area contributed by atoms with E-state index in [-0.39, 0.29) is 19.4 Å². The van der Waals surface area contributed by atoms with Crippen molar-refractivity contribution in [1.29, 1.82) is 0 Å². The molecule has 4 N–H and O–H groups in total. The average molecular weight is 787 g/mol. The predicted molar refractivity (Wildman–Crippen MR) is 220 cm³/mol. The van der Waals surface area contributed by atoms with Gasteiger partial charge in [-0.2, -0.15) is 0 Å². The first kappa shape index (κ1) is 50.4. The van der Waals surface area contributed by atoms with Gasteiger partial charge < -0.3 is 39.4 Å². The lowest BCUT2D eigenvalue weighted by Crippen LogP contribution is -2.60. The van der Waals surface area contributed by atoms with Crippen molar-refractivity contribution in [2.45, 2.75) is 166 Å². The molecular weight excluding hydrogens is 716 g/mol. The van der Waals surface area contributed by atoms with Crippen LogP contribution >= 0.6 is 0 Å². The predicted octanol–water partition coefficient (Wildman–Crippen LogP) is 8.31. The van der Waals surface area contributed by atoms with Crippen LogP contribution in [0.5, 0.6) is 0 Å². The zero-order chi connectivity index (χ0) is 41.1. The standard InChI is InChI=1S/C45H70O11/c1-3-5-7-9-11-13-15-17-18-19-20-22-23-25-27-29-31-33-38(46)53-35-37(36-54-45-42(50)40(48)41(49)43(56-45)44(51)52)55-39(47)34-32-30-28-26-24-21-16-14-12-10-8-6-4-2/h5,7-8,10-11,13-14,16-18,20,22,25,27,37,40-43,45,48-50H,3-4,6,9,12,15,19,21,23-24,26,28-36H2,1-2H3,(H,51,52)/b7-5-,10-8-,13-11-,16-14-,18-17-,22-20-,27-25-. The molecule has 0 amide bonds. The van der Waals surface area contributed by atoms with E-state index >= 15 is 0 Å². The summed E-state index contributed by atoms with van der Waals surface area (Å²) >= 11 is 0. The Morgan fingerprint density at radius 3 is 1.64 bits per heavy atom. The van der Waals surface area contributed by atoms with Gasteiger partial charge in [0.1, 0.15) is 24.9 Å². The number of esters is 2. The Balaban J connectivity index is 2.47. The molecule has 1 rings (SSSR count). The van der Waals surface area contributed by atoms with Crippen LogP contribution in [0.2, 0.25) is 0 Å². The van der Waals surface area contributed by atoms with Crippen molar-refractivity contribution < 1.29 is 53.8 Å². The van der Waals surface area contributed by atoms with E-state index in [1.807, 2.05) is 12.2 Å². The molecule has 11 nitrogen and oxygen atoms in total. The number of carboxylic acids is 1. The molecule has 1 saturated heterocycles. The smallest absolute Gasteiger partial charge is 0.335 e. The van der Waals surface area contributed by atoms with Crippen LogP contribution in [0.1, 0.15) is 129 Å². The summed E-state index contributed by atoms with van der Waals surface area (Å²) in [5.74, 6) is -2.55. The molecule has 0 bridgehead atoms. The van der Waals surface area contributed by atoms with Gasteiger partial charge in [-0.15, -0.1) is 0 Å². The third-order valence-electron chi connectivity index (χ3n) is 8.71. The van der Waals surface area contributed by atoms with Crippen LogP contribution in [0.15, 0.2) is 85.1 Å². The molecule has 6 unspecified atom stereocenters. The fourth-order valence-corrected chi connectivity index (χ4v) is 5.48. The lowest BCUT2D eigenvalue weighted by atomic mass is 9.99. The zero-order valence-corrected chi connectivity index (χ0v) is 33.8. The van der Waals surface area contributed by atoms with Gasteiger partial charge in [0.15, 0.2) is 18.5 Å². The van der Waals surface area contributed by atoms with Gasteiger partial charge in [-0.25, -0.2) is 4.79 Å². The Morgan fingerprint density at radius 2 is 1.07 bits per heavy atom. The van der Waals surface area contributed by atoms with Crippen molar-refractivity contribution in [3.8, 4) is 0 Å². The number of carbonyl (C=O) groups excluding carboxylic acids is 2. The summed E-state index contributed by atoms with van der Waals surface area (Å²) in [6.45, 7) is 3.54. The van der Waals surface area contributed by atoms with E-state index in [0.717, 1.165) is 83.5 Å². The van der Waals surface area contributed by atoms with Crippen LogP contribution in [-0.2, 0) is 33.3 Å². The van der Waals surface area contributed by atoms with Crippen LogP contribution in [0.3, 0.4) is 0 Å². The van der Waals surface area contributed by atoms with E-state index in [4.69, 9.17) is 18.9 Å². The van der Waals surface area contributed by atoms with E-state index in [2.05, 4.69) is 86.8 Å². The SMILES string of the molecule is CC/C=C\C/C=C\C/C=C\C/C=C\C/C=C\CCCC(=O)OCC(COC1OC(C(=O)O)C(O)C(O)C1O)OC(=O)CCCCCCC/C=C\C/C=C\CCC. The molecule has 11 heteroatoms. The van der Waals surface area contributed by atoms with Gasteiger partial charge in [0.25, 0.3) is 0 Å². The van der Waals surface area contributed by atoms with Gasteiger partial charge in [-0.1, -0.05) is 125 Å². The second kappa shape index (κ2) is 34.6. The fraction of sp³-hybridized carbons (Fsp3) is 0.622. The van der Waals surface area contributed by atoms with Crippen molar-refractivity contribution in [2.75, 3.05) is 13.2 Å². The molecule has 6 atom stereocenters. The Kier molecular flexibility index (Phi) is 31.2. The highest BCUT2D eigenvalue weighted by Crippen LogP contribution is 2.23. The Bertz CT molecular complexity index is 1250. The molecule has 0 aromatic heterocycles. The maximum absolute atomic E-state index is 12.7. The minimum absolute atomic E-state index is 0.149.